The number of aliphatic hydroxyl groups is 1. The van der Waals surface area contributed by atoms with Crippen LogP contribution in [0.2, 0.25) is 0 Å². The zero-order valence-corrected chi connectivity index (χ0v) is 9.69. The van der Waals surface area contributed by atoms with Crippen LogP contribution >= 0.6 is 11.8 Å². The molecule has 0 aliphatic heterocycles. The Morgan fingerprint density at radius 2 is 1.93 bits per heavy atom. The maximum atomic E-state index is 9.03. The van der Waals surface area contributed by atoms with Crippen molar-refractivity contribution in [3.8, 4) is 0 Å². The second kappa shape index (κ2) is 4.82. The molecule has 14 heavy (non-hydrogen) atoms. The van der Waals surface area contributed by atoms with E-state index >= 15 is 0 Å². The molecule has 2 nitrogen and oxygen atoms in total. The zero-order chi connectivity index (χ0) is 10.7. The summed E-state index contributed by atoms with van der Waals surface area (Å²) < 4.78 is 0. The van der Waals surface area contributed by atoms with Gasteiger partial charge in [0.25, 0.3) is 0 Å². The molecule has 3 N–H and O–H groups in total. The molecule has 1 rings (SSSR count). The van der Waals surface area contributed by atoms with Crippen molar-refractivity contribution in [1.82, 2.24) is 0 Å². The highest BCUT2D eigenvalue weighted by Crippen LogP contribution is 2.27. The van der Waals surface area contributed by atoms with Crippen LogP contribution in [0.1, 0.15) is 22.7 Å². The van der Waals surface area contributed by atoms with Gasteiger partial charge in [-0.05, 0) is 42.9 Å². The van der Waals surface area contributed by atoms with Crippen LogP contribution in [0.15, 0.2) is 17.0 Å². The predicted octanol–water partition coefficient (Wildman–Crippen LogP) is 2.02. The summed E-state index contributed by atoms with van der Waals surface area (Å²) in [7, 11) is 0. The number of thioether (sulfide) groups is 1. The molecular weight excluding hydrogens is 194 g/mol. The highest BCUT2D eigenvalue weighted by Gasteiger charge is 2.11. The third-order valence-electron chi connectivity index (χ3n) is 2.44. The maximum Gasteiger partial charge on any atom is 0.0624 e. The highest BCUT2D eigenvalue weighted by atomic mass is 32.2. The predicted molar refractivity (Wildman–Crippen MR) is 61.7 cm³/mol. The first-order chi connectivity index (χ1) is 6.60. The average molecular weight is 211 g/mol. The van der Waals surface area contributed by atoms with Crippen LogP contribution in [0.25, 0.3) is 0 Å². The molecule has 0 radical (unpaired) electrons. The summed E-state index contributed by atoms with van der Waals surface area (Å²) in [6.07, 6.45) is 2.03. The molecular formula is C11H17NOS. The molecule has 0 aliphatic rings. The summed E-state index contributed by atoms with van der Waals surface area (Å²) in [6, 6.07) is 3.93. The molecule has 0 aromatic heterocycles. The third kappa shape index (κ3) is 2.29. The molecule has 0 fully saturated rings. The molecule has 1 unspecified atom stereocenters. The molecule has 0 aliphatic carbocycles. The minimum absolute atomic E-state index is 0.00391. The standard InChI is InChI=1S/C11H17NOS/c1-7-4-9(10(12)6-13)11(14-3)5-8(7)2/h4-5,10,13H,6,12H2,1-3H3. The van der Waals surface area contributed by atoms with Crippen molar-refractivity contribution in [3.05, 3.63) is 28.8 Å². The number of aryl methyl sites for hydroxylation is 2. The van der Waals surface area contributed by atoms with Crippen LogP contribution in [0.4, 0.5) is 0 Å². The zero-order valence-electron chi connectivity index (χ0n) is 8.87. The van der Waals surface area contributed by atoms with Crippen molar-refractivity contribution in [2.75, 3.05) is 12.9 Å². The summed E-state index contributed by atoms with van der Waals surface area (Å²) in [4.78, 5) is 1.16. The Morgan fingerprint density at radius 3 is 2.43 bits per heavy atom. The molecule has 78 valence electrons. The van der Waals surface area contributed by atoms with E-state index in [1.54, 1.807) is 11.8 Å². The number of nitrogens with two attached hydrogens (primary N) is 1. The van der Waals surface area contributed by atoms with Crippen molar-refractivity contribution >= 4 is 11.8 Å². The van der Waals surface area contributed by atoms with E-state index in [9.17, 15) is 0 Å². The highest BCUT2D eigenvalue weighted by molar-refractivity contribution is 7.98. The Morgan fingerprint density at radius 1 is 1.36 bits per heavy atom. The molecule has 1 aromatic carbocycles. The van der Waals surface area contributed by atoms with Crippen LogP contribution < -0.4 is 5.73 Å². The average Bonchev–Trinajstić information content (AvgIpc) is 2.20. The van der Waals surface area contributed by atoms with Crippen molar-refractivity contribution in [2.24, 2.45) is 5.73 Å². The van der Waals surface area contributed by atoms with Gasteiger partial charge >= 0.3 is 0 Å². The lowest BCUT2D eigenvalue weighted by Gasteiger charge is -2.15. The molecule has 0 amide bonds. The molecule has 0 bridgehead atoms. The number of hydrogen-bond acceptors (Lipinski definition) is 3. The van der Waals surface area contributed by atoms with Gasteiger partial charge in [0.2, 0.25) is 0 Å². The topological polar surface area (TPSA) is 46.2 Å². The fraction of sp³-hybridized carbons (Fsp3) is 0.455. The molecule has 3 heteroatoms. The number of hydrogen-bond donors (Lipinski definition) is 2. The SMILES string of the molecule is CSc1cc(C)c(C)cc1C(N)CO. The summed E-state index contributed by atoms with van der Waals surface area (Å²) in [6.45, 7) is 4.15. The van der Waals surface area contributed by atoms with Crippen molar-refractivity contribution in [3.63, 3.8) is 0 Å². The molecule has 0 saturated carbocycles. The first-order valence-corrected chi connectivity index (χ1v) is 5.84. The van der Waals surface area contributed by atoms with Crippen molar-refractivity contribution < 1.29 is 5.11 Å². The lowest BCUT2D eigenvalue weighted by atomic mass is 10.0. The van der Waals surface area contributed by atoms with Gasteiger partial charge < -0.3 is 10.8 Å². The smallest absolute Gasteiger partial charge is 0.0624 e. The molecule has 1 atom stereocenters. The monoisotopic (exact) mass is 211 g/mol. The van der Waals surface area contributed by atoms with Crippen LogP contribution in [0, 0.1) is 13.8 Å². The first-order valence-electron chi connectivity index (χ1n) is 4.61. The van der Waals surface area contributed by atoms with E-state index in [4.69, 9.17) is 10.8 Å². The summed E-state index contributed by atoms with van der Waals surface area (Å²) in [5, 5.41) is 9.03. The lowest BCUT2D eigenvalue weighted by Crippen LogP contribution is -2.15. The molecule has 0 saturated heterocycles. The third-order valence-corrected chi connectivity index (χ3v) is 3.24. The van der Waals surface area contributed by atoms with E-state index in [0.29, 0.717) is 0 Å². The summed E-state index contributed by atoms with van der Waals surface area (Å²) in [5.41, 5.74) is 9.36. The Kier molecular flexibility index (Phi) is 3.98. The summed E-state index contributed by atoms with van der Waals surface area (Å²) in [5.74, 6) is 0. The number of rotatable bonds is 3. The van der Waals surface area contributed by atoms with Gasteiger partial charge in [0.1, 0.15) is 0 Å². The van der Waals surface area contributed by atoms with E-state index in [0.717, 1.165) is 10.5 Å². The van der Waals surface area contributed by atoms with Gasteiger partial charge in [-0.3, -0.25) is 0 Å². The van der Waals surface area contributed by atoms with Gasteiger partial charge in [-0.15, -0.1) is 11.8 Å². The van der Waals surface area contributed by atoms with Gasteiger partial charge in [0.05, 0.1) is 12.6 Å². The fourth-order valence-electron chi connectivity index (χ4n) is 1.38. The first kappa shape index (κ1) is 11.6. The van der Waals surface area contributed by atoms with Gasteiger partial charge in [0.15, 0.2) is 0 Å². The van der Waals surface area contributed by atoms with E-state index in [1.165, 1.54) is 11.1 Å². The largest absolute Gasteiger partial charge is 0.394 e. The Balaban J connectivity index is 3.19. The van der Waals surface area contributed by atoms with Gasteiger partial charge in [-0.2, -0.15) is 0 Å². The van der Waals surface area contributed by atoms with Crippen molar-refractivity contribution in [1.29, 1.82) is 0 Å². The van der Waals surface area contributed by atoms with Crippen LogP contribution in [0.5, 0.6) is 0 Å². The Bertz CT molecular complexity index is 325. The van der Waals surface area contributed by atoms with Gasteiger partial charge in [-0.25, -0.2) is 0 Å². The molecule has 1 aromatic rings. The van der Waals surface area contributed by atoms with E-state index in [-0.39, 0.29) is 12.6 Å². The quantitative estimate of drug-likeness (QED) is 0.752. The lowest BCUT2D eigenvalue weighted by molar-refractivity contribution is 0.266. The van der Waals surface area contributed by atoms with E-state index in [2.05, 4.69) is 26.0 Å². The molecule has 0 heterocycles. The van der Waals surface area contributed by atoms with E-state index in [1.807, 2.05) is 6.26 Å². The minimum Gasteiger partial charge on any atom is -0.394 e. The van der Waals surface area contributed by atoms with Gasteiger partial charge in [0, 0.05) is 4.90 Å². The number of benzene rings is 1. The number of aliphatic hydroxyl groups excluding tert-OH is 1. The Hall–Kier alpha value is -0.510. The van der Waals surface area contributed by atoms with E-state index < -0.39 is 0 Å². The molecule has 0 spiro atoms. The normalized spacial score (nSPS) is 12.9. The van der Waals surface area contributed by atoms with Crippen LogP contribution in [-0.2, 0) is 0 Å². The fourth-order valence-corrected chi connectivity index (χ4v) is 2.12. The van der Waals surface area contributed by atoms with Crippen molar-refractivity contribution in [2.45, 2.75) is 24.8 Å². The minimum atomic E-state index is -0.267. The Labute approximate surface area is 89.5 Å². The van der Waals surface area contributed by atoms with Gasteiger partial charge in [-0.1, -0.05) is 6.07 Å². The van der Waals surface area contributed by atoms with Crippen LogP contribution in [0.3, 0.4) is 0 Å². The summed E-state index contributed by atoms with van der Waals surface area (Å²) >= 11 is 1.67. The second-order valence-electron chi connectivity index (χ2n) is 3.47. The maximum absolute atomic E-state index is 9.03. The van der Waals surface area contributed by atoms with Crippen LogP contribution in [-0.4, -0.2) is 18.0 Å². The second-order valence-corrected chi connectivity index (χ2v) is 4.32.